The maximum atomic E-state index is 13.0. The van der Waals surface area contributed by atoms with Gasteiger partial charge in [0, 0.05) is 26.2 Å². The largest absolute Gasteiger partial charge is 0.492 e. The average molecular weight is 436 g/mol. The van der Waals surface area contributed by atoms with Gasteiger partial charge in [-0.3, -0.25) is 4.90 Å². The number of nitrogens with zero attached hydrogens (tertiary/aromatic N) is 3. The van der Waals surface area contributed by atoms with Crippen molar-refractivity contribution in [2.24, 2.45) is 5.92 Å². The molecule has 1 aliphatic rings. The molecule has 1 aromatic carbocycles. The number of para-hydroxylation sites is 1. The maximum Gasteiger partial charge on any atom is 0.227 e. The third-order valence-electron chi connectivity index (χ3n) is 5.07. The van der Waals surface area contributed by atoms with Crippen molar-refractivity contribution in [3.63, 3.8) is 0 Å². The van der Waals surface area contributed by atoms with Crippen molar-refractivity contribution in [3.05, 3.63) is 42.2 Å². The van der Waals surface area contributed by atoms with E-state index in [4.69, 9.17) is 9.47 Å². The summed E-state index contributed by atoms with van der Waals surface area (Å²) in [5.74, 6) is 1.15. The topological polar surface area (TPSA) is 73.7 Å². The summed E-state index contributed by atoms with van der Waals surface area (Å²) < 4.78 is 39.2. The van der Waals surface area contributed by atoms with Crippen LogP contribution < -0.4 is 4.74 Å². The molecule has 1 aliphatic heterocycles. The first kappa shape index (κ1) is 22.8. The van der Waals surface area contributed by atoms with Crippen LogP contribution in [-0.2, 0) is 27.7 Å². The molecule has 0 aliphatic carbocycles. The van der Waals surface area contributed by atoms with Gasteiger partial charge in [0.05, 0.1) is 23.7 Å². The van der Waals surface area contributed by atoms with Gasteiger partial charge in [0.1, 0.15) is 12.4 Å². The van der Waals surface area contributed by atoms with Crippen LogP contribution in [0.2, 0.25) is 0 Å². The van der Waals surface area contributed by atoms with Crippen molar-refractivity contribution < 1.29 is 17.9 Å². The Kier molecular flexibility index (Phi) is 7.91. The lowest BCUT2D eigenvalue weighted by Crippen LogP contribution is -2.27. The molecule has 30 heavy (non-hydrogen) atoms. The van der Waals surface area contributed by atoms with Gasteiger partial charge in [-0.15, -0.1) is 0 Å². The lowest BCUT2D eigenvalue weighted by Gasteiger charge is -2.20. The molecule has 0 N–H and O–H groups in total. The molecule has 1 fully saturated rings. The average Bonchev–Trinajstić information content (AvgIpc) is 3.32. The molecule has 0 spiro atoms. The predicted octanol–water partition coefficient (Wildman–Crippen LogP) is 3.00. The summed E-state index contributed by atoms with van der Waals surface area (Å²) in [5.41, 5.74) is 0.900. The van der Waals surface area contributed by atoms with Crippen LogP contribution in [-0.4, -0.2) is 61.5 Å². The molecule has 1 aromatic heterocycles. The maximum absolute atomic E-state index is 13.0. The SMILES string of the molecule is CC(C)Cn1c(CN(C)CCOc2ccccc2)cnc1S(=O)(=O)C[C@@H]1CCCO1. The summed E-state index contributed by atoms with van der Waals surface area (Å²) in [4.78, 5) is 6.44. The number of benzene rings is 1. The first-order valence-electron chi connectivity index (χ1n) is 10.6. The molecule has 0 saturated carbocycles. The molecule has 166 valence electrons. The van der Waals surface area contributed by atoms with Gasteiger partial charge in [0.15, 0.2) is 0 Å². The lowest BCUT2D eigenvalue weighted by molar-refractivity contribution is 0.127. The Hall–Kier alpha value is -1.90. The Balaban J connectivity index is 1.66. The van der Waals surface area contributed by atoms with E-state index in [-0.39, 0.29) is 17.0 Å². The van der Waals surface area contributed by atoms with Crippen molar-refractivity contribution in [3.8, 4) is 5.75 Å². The Morgan fingerprint density at radius 3 is 2.73 bits per heavy atom. The van der Waals surface area contributed by atoms with Crippen molar-refractivity contribution >= 4 is 9.84 Å². The molecule has 0 unspecified atom stereocenters. The summed E-state index contributed by atoms with van der Waals surface area (Å²) >= 11 is 0. The van der Waals surface area contributed by atoms with Gasteiger partial charge in [-0.2, -0.15) is 0 Å². The van der Waals surface area contributed by atoms with Crippen LogP contribution in [0.5, 0.6) is 5.75 Å². The second kappa shape index (κ2) is 10.4. The molecular weight excluding hydrogens is 402 g/mol. The number of hydrogen-bond donors (Lipinski definition) is 0. The van der Waals surface area contributed by atoms with Crippen LogP contribution in [0.15, 0.2) is 41.7 Å². The zero-order chi connectivity index (χ0) is 21.6. The summed E-state index contributed by atoms with van der Waals surface area (Å²) in [6.07, 6.45) is 3.18. The number of imidazole rings is 1. The molecule has 1 atom stereocenters. The van der Waals surface area contributed by atoms with Gasteiger partial charge in [-0.1, -0.05) is 32.0 Å². The minimum absolute atomic E-state index is 0.00229. The molecular formula is C22H33N3O4S. The van der Waals surface area contributed by atoms with Gasteiger partial charge in [-0.25, -0.2) is 13.4 Å². The zero-order valence-corrected chi connectivity index (χ0v) is 19.0. The summed E-state index contributed by atoms with van der Waals surface area (Å²) in [6.45, 7) is 7.30. The highest BCUT2D eigenvalue weighted by Gasteiger charge is 2.29. The fourth-order valence-corrected chi connectivity index (χ4v) is 5.26. The lowest BCUT2D eigenvalue weighted by atomic mass is 10.2. The third-order valence-corrected chi connectivity index (χ3v) is 6.77. The Morgan fingerprint density at radius 2 is 2.07 bits per heavy atom. The number of sulfone groups is 1. The van der Waals surface area contributed by atoms with Crippen molar-refractivity contribution in [1.29, 1.82) is 0 Å². The minimum Gasteiger partial charge on any atom is -0.492 e. The molecule has 0 amide bonds. The van der Waals surface area contributed by atoms with E-state index in [1.165, 1.54) is 0 Å². The molecule has 1 saturated heterocycles. The van der Waals surface area contributed by atoms with Crippen LogP contribution in [0, 0.1) is 5.92 Å². The first-order chi connectivity index (χ1) is 14.3. The summed E-state index contributed by atoms with van der Waals surface area (Å²) in [5, 5.41) is 0.163. The molecule has 2 aromatic rings. The van der Waals surface area contributed by atoms with Crippen LogP contribution in [0.1, 0.15) is 32.4 Å². The third kappa shape index (κ3) is 6.30. The van der Waals surface area contributed by atoms with Crippen molar-refractivity contribution in [1.82, 2.24) is 14.5 Å². The highest BCUT2D eigenvalue weighted by molar-refractivity contribution is 7.91. The molecule has 2 heterocycles. The van der Waals surface area contributed by atoms with Gasteiger partial charge in [0.2, 0.25) is 15.0 Å². The van der Waals surface area contributed by atoms with E-state index in [9.17, 15) is 8.42 Å². The van der Waals surface area contributed by atoms with E-state index in [1.54, 1.807) is 6.20 Å². The molecule has 0 radical (unpaired) electrons. The van der Waals surface area contributed by atoms with Gasteiger partial charge < -0.3 is 14.0 Å². The highest BCUT2D eigenvalue weighted by Crippen LogP contribution is 2.21. The second-order valence-corrected chi connectivity index (χ2v) is 10.3. The van der Waals surface area contributed by atoms with E-state index in [0.29, 0.717) is 32.2 Å². The number of hydrogen-bond acceptors (Lipinski definition) is 6. The van der Waals surface area contributed by atoms with Crippen LogP contribution in [0.3, 0.4) is 0 Å². The van der Waals surface area contributed by atoms with E-state index in [1.807, 2.05) is 41.9 Å². The quantitative estimate of drug-likeness (QED) is 0.540. The van der Waals surface area contributed by atoms with Crippen LogP contribution >= 0.6 is 0 Å². The number of aromatic nitrogens is 2. The fourth-order valence-electron chi connectivity index (χ4n) is 3.61. The van der Waals surface area contributed by atoms with E-state index in [2.05, 4.69) is 23.7 Å². The van der Waals surface area contributed by atoms with Gasteiger partial charge >= 0.3 is 0 Å². The number of likely N-dealkylation sites (N-methyl/N-ethyl adjacent to an activating group) is 1. The molecule has 7 nitrogen and oxygen atoms in total. The van der Waals surface area contributed by atoms with E-state index >= 15 is 0 Å². The smallest absolute Gasteiger partial charge is 0.227 e. The standard InChI is InChI=1S/C22H33N3O4S/c1-18(2)15-25-19(16-24(3)11-13-29-20-8-5-4-6-9-20)14-23-22(25)30(26,27)17-21-10-7-12-28-21/h4-6,8-9,14,18,21H,7,10-13,15-17H2,1-3H3/t21-/m0/s1. The Morgan fingerprint density at radius 1 is 1.30 bits per heavy atom. The molecule has 8 heteroatoms. The monoisotopic (exact) mass is 435 g/mol. The molecule has 0 bridgehead atoms. The number of rotatable bonds is 11. The van der Waals surface area contributed by atoms with Crippen molar-refractivity contribution in [2.75, 3.05) is 32.6 Å². The summed E-state index contributed by atoms with van der Waals surface area (Å²) in [6, 6.07) is 9.72. The zero-order valence-electron chi connectivity index (χ0n) is 18.2. The Labute approximate surface area is 179 Å². The summed E-state index contributed by atoms with van der Waals surface area (Å²) in [7, 11) is -1.50. The predicted molar refractivity (Wildman–Crippen MR) is 116 cm³/mol. The van der Waals surface area contributed by atoms with Crippen molar-refractivity contribution in [2.45, 2.75) is 51.0 Å². The van der Waals surface area contributed by atoms with E-state index < -0.39 is 9.84 Å². The normalized spacial score (nSPS) is 17.2. The van der Waals surface area contributed by atoms with Crippen LogP contribution in [0.25, 0.3) is 0 Å². The Bertz CT molecular complexity index is 890. The fraction of sp³-hybridized carbons (Fsp3) is 0.591. The van der Waals surface area contributed by atoms with Crippen LogP contribution in [0.4, 0.5) is 0 Å². The van der Waals surface area contributed by atoms with E-state index in [0.717, 1.165) is 30.8 Å². The number of ether oxygens (including phenoxy) is 2. The highest BCUT2D eigenvalue weighted by atomic mass is 32.2. The minimum atomic E-state index is -3.50. The van der Waals surface area contributed by atoms with Gasteiger partial charge in [-0.05, 0) is 37.9 Å². The second-order valence-electron chi connectivity index (χ2n) is 8.35. The molecule has 3 rings (SSSR count). The van der Waals surface area contributed by atoms with Gasteiger partial charge in [0.25, 0.3) is 0 Å². The first-order valence-corrected chi connectivity index (χ1v) is 12.3.